The maximum atomic E-state index is 13.0. The van der Waals surface area contributed by atoms with Crippen molar-refractivity contribution >= 4 is 21.8 Å². The third-order valence-electron chi connectivity index (χ3n) is 5.22. The summed E-state index contributed by atoms with van der Waals surface area (Å²) in [7, 11) is -3.34. The minimum atomic E-state index is -3.34. The van der Waals surface area contributed by atoms with Crippen LogP contribution < -0.4 is 10.0 Å². The topological polar surface area (TPSA) is 98.8 Å². The molecule has 1 aromatic rings. The zero-order valence-corrected chi connectivity index (χ0v) is 17.1. The molecule has 0 aliphatic carbocycles. The van der Waals surface area contributed by atoms with Crippen molar-refractivity contribution < 1.29 is 18.0 Å². The Labute approximate surface area is 166 Å². The highest BCUT2D eigenvalue weighted by molar-refractivity contribution is 7.88. The fourth-order valence-corrected chi connectivity index (χ4v) is 4.90. The van der Waals surface area contributed by atoms with Crippen LogP contribution in [0.4, 0.5) is 0 Å². The Morgan fingerprint density at radius 2 is 1.89 bits per heavy atom. The molecule has 3 atom stereocenters. The molecule has 0 spiro atoms. The van der Waals surface area contributed by atoms with Gasteiger partial charge in [-0.3, -0.25) is 14.5 Å². The van der Waals surface area contributed by atoms with Crippen LogP contribution in [0.5, 0.6) is 0 Å². The highest BCUT2D eigenvalue weighted by Crippen LogP contribution is 2.24. The minimum Gasteiger partial charge on any atom is -0.343 e. The molecule has 2 saturated heterocycles. The molecule has 3 rings (SSSR count). The molecule has 0 bridgehead atoms. The second-order valence-corrected chi connectivity index (χ2v) is 9.50. The summed E-state index contributed by atoms with van der Waals surface area (Å²) < 4.78 is 25.8. The lowest BCUT2D eigenvalue weighted by atomic mass is 10.1. The van der Waals surface area contributed by atoms with E-state index in [9.17, 15) is 18.0 Å². The van der Waals surface area contributed by atoms with Crippen molar-refractivity contribution in [1.82, 2.24) is 19.8 Å². The molecular formula is C19H28N4O4S. The van der Waals surface area contributed by atoms with E-state index in [4.69, 9.17) is 0 Å². The Kier molecular flexibility index (Phi) is 6.36. The molecule has 2 N–H and O–H groups in total. The Balaban J connectivity index is 1.73. The average Bonchev–Trinajstić information content (AvgIpc) is 2.94. The Hall–Kier alpha value is -1.97. The van der Waals surface area contributed by atoms with Gasteiger partial charge in [-0.1, -0.05) is 30.3 Å². The van der Waals surface area contributed by atoms with Gasteiger partial charge in [-0.25, -0.2) is 13.1 Å². The maximum absolute atomic E-state index is 13.0. The first-order chi connectivity index (χ1) is 13.2. The number of amides is 2. The molecule has 2 heterocycles. The van der Waals surface area contributed by atoms with Gasteiger partial charge in [0.1, 0.15) is 6.04 Å². The van der Waals surface area contributed by atoms with Crippen LogP contribution in [0.15, 0.2) is 30.3 Å². The zero-order valence-electron chi connectivity index (χ0n) is 16.3. The molecule has 28 heavy (non-hydrogen) atoms. The molecule has 0 unspecified atom stereocenters. The first-order valence-corrected chi connectivity index (χ1v) is 11.4. The first-order valence-electron chi connectivity index (χ1n) is 9.52. The summed E-state index contributed by atoms with van der Waals surface area (Å²) in [6, 6.07) is 9.15. The monoisotopic (exact) mass is 408 g/mol. The summed E-state index contributed by atoms with van der Waals surface area (Å²) in [6.45, 7) is 3.63. The first kappa shape index (κ1) is 20.8. The van der Waals surface area contributed by atoms with E-state index in [1.807, 2.05) is 18.2 Å². The number of fused-ring (bicyclic) bond motifs is 1. The molecule has 0 saturated carbocycles. The smallest absolute Gasteiger partial charge is 0.246 e. The van der Waals surface area contributed by atoms with Crippen molar-refractivity contribution in [2.75, 3.05) is 32.4 Å². The highest BCUT2D eigenvalue weighted by atomic mass is 32.2. The van der Waals surface area contributed by atoms with Gasteiger partial charge in [-0.05, 0) is 18.4 Å². The molecule has 2 fully saturated rings. The average molecular weight is 409 g/mol. The predicted molar refractivity (Wildman–Crippen MR) is 106 cm³/mol. The van der Waals surface area contributed by atoms with Crippen LogP contribution in [0.1, 0.15) is 18.9 Å². The Bertz CT molecular complexity index is 814. The van der Waals surface area contributed by atoms with Gasteiger partial charge in [-0.15, -0.1) is 0 Å². The lowest BCUT2D eigenvalue weighted by Gasteiger charge is -2.25. The number of hydrogen-bond donors (Lipinski definition) is 2. The van der Waals surface area contributed by atoms with Crippen molar-refractivity contribution in [1.29, 1.82) is 0 Å². The largest absolute Gasteiger partial charge is 0.343 e. The number of hydrogen-bond acceptors (Lipinski definition) is 5. The fraction of sp³-hybridized carbons (Fsp3) is 0.579. The van der Waals surface area contributed by atoms with E-state index in [0.29, 0.717) is 26.1 Å². The molecule has 0 radical (unpaired) electrons. The van der Waals surface area contributed by atoms with E-state index >= 15 is 0 Å². The van der Waals surface area contributed by atoms with Crippen LogP contribution in [0.2, 0.25) is 0 Å². The molecule has 8 nitrogen and oxygen atoms in total. The van der Waals surface area contributed by atoms with E-state index in [1.54, 1.807) is 4.90 Å². The molecule has 0 aromatic heterocycles. The summed E-state index contributed by atoms with van der Waals surface area (Å²) in [5, 5.41) is 2.76. The van der Waals surface area contributed by atoms with E-state index in [-0.39, 0.29) is 23.9 Å². The zero-order chi connectivity index (χ0) is 20.3. The van der Waals surface area contributed by atoms with Gasteiger partial charge in [0.25, 0.3) is 0 Å². The van der Waals surface area contributed by atoms with Gasteiger partial charge >= 0.3 is 0 Å². The molecular weight excluding hydrogens is 380 g/mol. The number of rotatable bonds is 6. The van der Waals surface area contributed by atoms with E-state index in [1.165, 1.54) is 12.5 Å². The van der Waals surface area contributed by atoms with Crippen LogP contribution in [0, 0.1) is 0 Å². The normalized spacial score (nSPS) is 26.0. The van der Waals surface area contributed by atoms with Crippen molar-refractivity contribution in [2.45, 2.75) is 37.9 Å². The van der Waals surface area contributed by atoms with Crippen molar-refractivity contribution in [3.8, 4) is 0 Å². The number of sulfonamides is 1. The molecule has 1 aromatic carbocycles. The molecule has 2 aliphatic heterocycles. The summed E-state index contributed by atoms with van der Waals surface area (Å²) >= 11 is 0. The lowest BCUT2D eigenvalue weighted by Crippen LogP contribution is -2.51. The quantitative estimate of drug-likeness (QED) is 0.666. The van der Waals surface area contributed by atoms with Gasteiger partial charge < -0.3 is 10.2 Å². The van der Waals surface area contributed by atoms with Gasteiger partial charge in [0.15, 0.2) is 0 Å². The predicted octanol–water partition coefficient (Wildman–Crippen LogP) is -0.432. The number of carbonyl (C=O) groups is 2. The van der Waals surface area contributed by atoms with Gasteiger partial charge in [0, 0.05) is 45.2 Å². The van der Waals surface area contributed by atoms with Crippen LogP contribution in [0.3, 0.4) is 0 Å². The summed E-state index contributed by atoms with van der Waals surface area (Å²) in [4.78, 5) is 28.5. The van der Waals surface area contributed by atoms with Crippen LogP contribution in [-0.4, -0.2) is 80.6 Å². The van der Waals surface area contributed by atoms with Crippen LogP contribution >= 0.6 is 0 Å². The summed E-state index contributed by atoms with van der Waals surface area (Å²) in [6.07, 6.45) is 2.55. The number of nitrogens with zero attached hydrogens (tertiary/aromatic N) is 2. The molecule has 154 valence electrons. The highest BCUT2D eigenvalue weighted by Gasteiger charge is 2.42. The van der Waals surface area contributed by atoms with E-state index < -0.39 is 16.1 Å². The third kappa shape index (κ3) is 5.52. The van der Waals surface area contributed by atoms with E-state index in [0.717, 1.165) is 19.2 Å². The van der Waals surface area contributed by atoms with Gasteiger partial charge in [0.2, 0.25) is 21.8 Å². The number of carbonyl (C=O) groups excluding carboxylic acids is 2. The standard InChI is InChI=1S/C19H28N4O4S/c1-14(24)20-18-13-22(9-8-15-6-4-3-5-7-15)12-17-10-16(21-28(2,26)27)11-23(17)19(18)25/h3-7,16-18,21H,8-13H2,1-2H3,(H,20,24)/t16-,17-,18-/m0/s1. The molecule has 2 aliphatic rings. The van der Waals surface area contributed by atoms with Crippen molar-refractivity contribution in [3.05, 3.63) is 35.9 Å². The fourth-order valence-electron chi connectivity index (χ4n) is 4.12. The maximum Gasteiger partial charge on any atom is 0.246 e. The van der Waals surface area contributed by atoms with Crippen LogP contribution in [0.25, 0.3) is 0 Å². The van der Waals surface area contributed by atoms with Crippen molar-refractivity contribution in [2.24, 2.45) is 0 Å². The number of nitrogens with one attached hydrogen (secondary N) is 2. The van der Waals surface area contributed by atoms with Gasteiger partial charge in [0.05, 0.1) is 6.26 Å². The Morgan fingerprint density at radius 3 is 2.54 bits per heavy atom. The minimum absolute atomic E-state index is 0.0683. The third-order valence-corrected chi connectivity index (χ3v) is 5.98. The molecule has 2 amide bonds. The SMILES string of the molecule is CC(=O)N[C@H]1CN(CCc2ccccc2)C[C@@H]2C[C@H](NS(C)(=O)=O)CN2C1=O. The molecule has 9 heteroatoms. The number of benzene rings is 1. The summed E-state index contributed by atoms with van der Waals surface area (Å²) in [5.41, 5.74) is 1.22. The van der Waals surface area contributed by atoms with Crippen molar-refractivity contribution in [3.63, 3.8) is 0 Å². The van der Waals surface area contributed by atoms with E-state index in [2.05, 4.69) is 27.1 Å². The van der Waals surface area contributed by atoms with Crippen LogP contribution in [-0.2, 0) is 26.0 Å². The second-order valence-electron chi connectivity index (χ2n) is 7.72. The lowest BCUT2D eigenvalue weighted by molar-refractivity contribution is -0.135. The van der Waals surface area contributed by atoms with Gasteiger partial charge in [-0.2, -0.15) is 0 Å². The second kappa shape index (κ2) is 8.59. The summed E-state index contributed by atoms with van der Waals surface area (Å²) in [5.74, 6) is -0.384. The Morgan fingerprint density at radius 1 is 1.18 bits per heavy atom.